The van der Waals surface area contributed by atoms with Crippen LogP contribution in [0, 0.1) is 5.41 Å². The summed E-state index contributed by atoms with van der Waals surface area (Å²) in [5.41, 5.74) is 1.29. The first kappa shape index (κ1) is 15.5. The maximum absolute atomic E-state index is 5.93. The van der Waals surface area contributed by atoms with E-state index in [4.69, 9.17) is 16.3 Å². The van der Waals surface area contributed by atoms with Gasteiger partial charge in [-0.05, 0) is 30.7 Å². The van der Waals surface area contributed by atoms with E-state index in [-0.39, 0.29) is 5.41 Å². The number of rotatable bonds is 8. The van der Waals surface area contributed by atoms with Crippen molar-refractivity contribution < 1.29 is 4.74 Å². The van der Waals surface area contributed by atoms with Crippen molar-refractivity contribution in [2.75, 3.05) is 19.7 Å². The van der Waals surface area contributed by atoms with Crippen LogP contribution in [0.25, 0.3) is 0 Å². The summed E-state index contributed by atoms with van der Waals surface area (Å²) in [6.45, 7) is 10.0. The van der Waals surface area contributed by atoms with Gasteiger partial charge in [-0.1, -0.05) is 44.5 Å². The van der Waals surface area contributed by atoms with Crippen LogP contribution in [0.4, 0.5) is 0 Å². The SMILES string of the molecule is CCCNCC(C)(C)COCc1cccc(Cl)c1. The summed E-state index contributed by atoms with van der Waals surface area (Å²) in [6, 6.07) is 7.82. The van der Waals surface area contributed by atoms with Crippen LogP contribution in [0.3, 0.4) is 0 Å². The fourth-order valence-corrected chi connectivity index (χ4v) is 1.94. The molecule has 0 fully saturated rings. The monoisotopic (exact) mass is 269 g/mol. The van der Waals surface area contributed by atoms with Crippen molar-refractivity contribution in [1.29, 1.82) is 0 Å². The Balaban J connectivity index is 2.27. The molecule has 0 heterocycles. The van der Waals surface area contributed by atoms with Crippen LogP contribution in [0.2, 0.25) is 5.02 Å². The molecule has 0 aromatic heterocycles. The lowest BCUT2D eigenvalue weighted by molar-refractivity contribution is 0.0513. The third kappa shape index (κ3) is 6.39. The van der Waals surface area contributed by atoms with Gasteiger partial charge in [-0.25, -0.2) is 0 Å². The van der Waals surface area contributed by atoms with Crippen LogP contribution in [-0.2, 0) is 11.3 Å². The Bertz CT molecular complexity index is 352. The summed E-state index contributed by atoms with van der Waals surface area (Å²) < 4.78 is 5.77. The summed E-state index contributed by atoms with van der Waals surface area (Å²) in [6.07, 6.45) is 1.17. The lowest BCUT2D eigenvalue weighted by Gasteiger charge is -2.24. The highest BCUT2D eigenvalue weighted by molar-refractivity contribution is 6.30. The van der Waals surface area contributed by atoms with Gasteiger partial charge in [0.25, 0.3) is 0 Å². The lowest BCUT2D eigenvalue weighted by Crippen LogP contribution is -2.33. The van der Waals surface area contributed by atoms with Gasteiger partial charge in [0, 0.05) is 17.0 Å². The number of nitrogens with one attached hydrogen (secondary N) is 1. The fourth-order valence-electron chi connectivity index (χ4n) is 1.73. The van der Waals surface area contributed by atoms with Gasteiger partial charge in [0.05, 0.1) is 13.2 Å². The van der Waals surface area contributed by atoms with E-state index in [0.29, 0.717) is 6.61 Å². The van der Waals surface area contributed by atoms with Gasteiger partial charge >= 0.3 is 0 Å². The van der Waals surface area contributed by atoms with Crippen molar-refractivity contribution in [1.82, 2.24) is 5.32 Å². The second kappa shape index (κ2) is 7.78. The van der Waals surface area contributed by atoms with Gasteiger partial charge in [0.2, 0.25) is 0 Å². The molecule has 1 aromatic carbocycles. The van der Waals surface area contributed by atoms with E-state index in [9.17, 15) is 0 Å². The topological polar surface area (TPSA) is 21.3 Å². The Hall–Kier alpha value is -0.570. The van der Waals surface area contributed by atoms with E-state index < -0.39 is 0 Å². The predicted octanol–water partition coefficient (Wildman–Crippen LogP) is 3.88. The molecular weight excluding hydrogens is 246 g/mol. The summed E-state index contributed by atoms with van der Waals surface area (Å²) in [4.78, 5) is 0. The molecule has 2 nitrogen and oxygen atoms in total. The second-order valence-corrected chi connectivity index (χ2v) is 5.90. The fraction of sp³-hybridized carbons (Fsp3) is 0.600. The van der Waals surface area contributed by atoms with E-state index in [1.54, 1.807) is 0 Å². The van der Waals surface area contributed by atoms with Crippen molar-refractivity contribution >= 4 is 11.6 Å². The highest BCUT2D eigenvalue weighted by atomic mass is 35.5. The number of benzene rings is 1. The lowest BCUT2D eigenvalue weighted by atomic mass is 9.95. The smallest absolute Gasteiger partial charge is 0.0717 e. The normalized spacial score (nSPS) is 11.8. The molecule has 0 unspecified atom stereocenters. The molecule has 0 radical (unpaired) electrons. The third-order valence-electron chi connectivity index (χ3n) is 2.68. The molecule has 1 rings (SSSR count). The maximum Gasteiger partial charge on any atom is 0.0717 e. The zero-order valence-corrected chi connectivity index (χ0v) is 12.4. The van der Waals surface area contributed by atoms with Crippen molar-refractivity contribution in [2.45, 2.75) is 33.8 Å². The van der Waals surface area contributed by atoms with Gasteiger partial charge < -0.3 is 10.1 Å². The Morgan fingerprint density at radius 1 is 1.33 bits per heavy atom. The van der Waals surface area contributed by atoms with Gasteiger partial charge in [-0.3, -0.25) is 0 Å². The quantitative estimate of drug-likeness (QED) is 0.723. The summed E-state index contributed by atoms with van der Waals surface area (Å²) in [5.74, 6) is 0. The average Bonchev–Trinajstić information content (AvgIpc) is 2.29. The minimum absolute atomic E-state index is 0.160. The van der Waals surface area contributed by atoms with Crippen molar-refractivity contribution in [3.63, 3.8) is 0 Å². The van der Waals surface area contributed by atoms with E-state index in [1.165, 1.54) is 6.42 Å². The van der Waals surface area contributed by atoms with E-state index in [2.05, 4.69) is 26.1 Å². The Labute approximate surface area is 116 Å². The van der Waals surface area contributed by atoms with Crippen LogP contribution >= 0.6 is 11.6 Å². The molecule has 0 bridgehead atoms. The van der Waals surface area contributed by atoms with Crippen LogP contribution < -0.4 is 5.32 Å². The van der Waals surface area contributed by atoms with Crippen LogP contribution in [0.5, 0.6) is 0 Å². The number of hydrogen-bond acceptors (Lipinski definition) is 2. The first-order valence-electron chi connectivity index (χ1n) is 6.56. The number of hydrogen-bond donors (Lipinski definition) is 1. The molecule has 0 aliphatic heterocycles. The molecule has 0 aliphatic rings. The first-order chi connectivity index (χ1) is 8.53. The minimum Gasteiger partial charge on any atom is -0.376 e. The number of ether oxygens (including phenoxy) is 1. The van der Waals surface area contributed by atoms with Crippen LogP contribution in [-0.4, -0.2) is 19.7 Å². The molecule has 1 aromatic rings. The zero-order chi connectivity index (χ0) is 13.4. The Kier molecular flexibility index (Phi) is 6.69. The molecule has 0 aliphatic carbocycles. The summed E-state index contributed by atoms with van der Waals surface area (Å²) in [5, 5.41) is 4.20. The highest BCUT2D eigenvalue weighted by Gasteiger charge is 2.17. The summed E-state index contributed by atoms with van der Waals surface area (Å²) >= 11 is 5.93. The number of halogens is 1. The average molecular weight is 270 g/mol. The van der Waals surface area contributed by atoms with Gasteiger partial charge in [0.15, 0.2) is 0 Å². The molecular formula is C15H24ClNO. The van der Waals surface area contributed by atoms with E-state index >= 15 is 0 Å². The molecule has 0 saturated carbocycles. The molecule has 102 valence electrons. The Morgan fingerprint density at radius 3 is 2.78 bits per heavy atom. The molecule has 3 heteroatoms. The van der Waals surface area contributed by atoms with Crippen LogP contribution in [0.1, 0.15) is 32.8 Å². The molecule has 0 saturated heterocycles. The molecule has 0 atom stereocenters. The summed E-state index contributed by atoms with van der Waals surface area (Å²) in [7, 11) is 0. The molecule has 18 heavy (non-hydrogen) atoms. The predicted molar refractivity (Wildman–Crippen MR) is 78.0 cm³/mol. The van der Waals surface area contributed by atoms with E-state index in [1.807, 2.05) is 24.3 Å². The van der Waals surface area contributed by atoms with Crippen molar-refractivity contribution in [2.24, 2.45) is 5.41 Å². The van der Waals surface area contributed by atoms with E-state index in [0.717, 1.165) is 30.3 Å². The maximum atomic E-state index is 5.93. The highest BCUT2D eigenvalue weighted by Crippen LogP contribution is 2.16. The van der Waals surface area contributed by atoms with Gasteiger partial charge in [-0.2, -0.15) is 0 Å². The third-order valence-corrected chi connectivity index (χ3v) is 2.92. The molecule has 0 spiro atoms. The zero-order valence-electron chi connectivity index (χ0n) is 11.6. The standard InChI is InChI=1S/C15H24ClNO/c1-4-8-17-11-15(2,3)12-18-10-13-6-5-7-14(16)9-13/h5-7,9,17H,4,8,10-12H2,1-3H3. The van der Waals surface area contributed by atoms with Gasteiger partial charge in [-0.15, -0.1) is 0 Å². The molecule has 0 amide bonds. The molecule has 1 N–H and O–H groups in total. The van der Waals surface area contributed by atoms with Crippen molar-refractivity contribution in [3.05, 3.63) is 34.9 Å². The second-order valence-electron chi connectivity index (χ2n) is 5.46. The van der Waals surface area contributed by atoms with Crippen LogP contribution in [0.15, 0.2) is 24.3 Å². The van der Waals surface area contributed by atoms with Gasteiger partial charge in [0.1, 0.15) is 0 Å². The van der Waals surface area contributed by atoms with Crippen molar-refractivity contribution in [3.8, 4) is 0 Å². The first-order valence-corrected chi connectivity index (χ1v) is 6.94. The minimum atomic E-state index is 0.160. The largest absolute Gasteiger partial charge is 0.376 e. The Morgan fingerprint density at radius 2 is 2.11 bits per heavy atom.